The van der Waals surface area contributed by atoms with Crippen molar-refractivity contribution in [3.05, 3.63) is 24.3 Å². The van der Waals surface area contributed by atoms with Crippen LogP contribution in [-0.4, -0.2) is 6.04 Å². The predicted molar refractivity (Wildman–Crippen MR) is 79.5 cm³/mol. The number of hydrogen-bond donors (Lipinski definition) is 1. The molecule has 0 spiro atoms. The minimum Gasteiger partial charge on any atom is -0.324 e. The average Bonchev–Trinajstić information content (AvgIpc) is 2.52. The lowest BCUT2D eigenvalue weighted by Gasteiger charge is -2.55. The first kappa shape index (κ1) is 12.2. The maximum Gasteiger partial charge on any atom is 0.0291 e. The molecule has 104 valence electrons. The van der Waals surface area contributed by atoms with Crippen LogP contribution in [0.2, 0.25) is 0 Å². The molecule has 4 rings (SSSR count). The maximum absolute atomic E-state index is 6.63. The molecule has 0 radical (unpaired) electrons. The first-order valence-electron chi connectivity index (χ1n) is 8.33. The van der Waals surface area contributed by atoms with Gasteiger partial charge in [0.05, 0.1) is 0 Å². The zero-order chi connectivity index (χ0) is 13.1. The highest BCUT2D eigenvalue weighted by molar-refractivity contribution is 5.32. The Hall–Kier alpha value is -0.560. The van der Waals surface area contributed by atoms with Crippen LogP contribution in [0.15, 0.2) is 24.3 Å². The van der Waals surface area contributed by atoms with E-state index in [1.807, 2.05) is 0 Å². The molecule has 0 aromatic heterocycles. The van der Waals surface area contributed by atoms with Gasteiger partial charge in [0.2, 0.25) is 0 Å². The van der Waals surface area contributed by atoms with Crippen molar-refractivity contribution in [3.8, 4) is 0 Å². The second-order valence-corrected chi connectivity index (χ2v) is 7.53. The Balaban J connectivity index is 1.68. The molecule has 4 saturated carbocycles. The fourth-order valence-electron chi connectivity index (χ4n) is 5.84. The van der Waals surface area contributed by atoms with Gasteiger partial charge in [-0.2, -0.15) is 0 Å². The third kappa shape index (κ3) is 1.51. The van der Waals surface area contributed by atoms with Crippen molar-refractivity contribution in [1.82, 2.24) is 0 Å². The standard InChI is InChI=1S/C18H27N/c1-10-12-8-9-13(12)11(2)18(19)17-15-7-5-3-4-6-14(15)16(10)17/h12-18H,1-9,19H2. The summed E-state index contributed by atoms with van der Waals surface area (Å²) in [4.78, 5) is 0. The molecule has 4 aliphatic rings. The molecule has 0 saturated heterocycles. The van der Waals surface area contributed by atoms with Crippen LogP contribution in [0.25, 0.3) is 0 Å². The van der Waals surface area contributed by atoms with Gasteiger partial charge >= 0.3 is 0 Å². The van der Waals surface area contributed by atoms with E-state index < -0.39 is 0 Å². The van der Waals surface area contributed by atoms with E-state index in [0.717, 1.165) is 23.7 Å². The van der Waals surface area contributed by atoms with Gasteiger partial charge in [-0.05, 0) is 61.2 Å². The second-order valence-electron chi connectivity index (χ2n) is 7.53. The van der Waals surface area contributed by atoms with Crippen LogP contribution in [-0.2, 0) is 0 Å². The van der Waals surface area contributed by atoms with E-state index in [4.69, 9.17) is 5.73 Å². The molecule has 0 aromatic carbocycles. The van der Waals surface area contributed by atoms with E-state index in [-0.39, 0.29) is 6.04 Å². The Kier molecular flexibility index (Phi) is 2.71. The van der Waals surface area contributed by atoms with Crippen LogP contribution >= 0.6 is 0 Å². The fourth-order valence-corrected chi connectivity index (χ4v) is 5.84. The molecular formula is C18H27N. The third-order valence-corrected chi connectivity index (χ3v) is 6.99. The van der Waals surface area contributed by atoms with E-state index in [0.29, 0.717) is 11.8 Å². The molecule has 0 aliphatic heterocycles. The smallest absolute Gasteiger partial charge is 0.0291 e. The zero-order valence-corrected chi connectivity index (χ0v) is 12.0. The molecule has 0 amide bonds. The van der Waals surface area contributed by atoms with E-state index in [9.17, 15) is 0 Å². The summed E-state index contributed by atoms with van der Waals surface area (Å²) in [7, 11) is 0. The van der Waals surface area contributed by atoms with Gasteiger partial charge < -0.3 is 5.73 Å². The number of allylic oxidation sites excluding steroid dienone is 1. The number of nitrogens with two attached hydrogens (primary N) is 1. The minimum atomic E-state index is 0.261. The van der Waals surface area contributed by atoms with E-state index in [1.54, 1.807) is 5.57 Å². The first-order chi connectivity index (χ1) is 9.20. The summed E-state index contributed by atoms with van der Waals surface area (Å²) < 4.78 is 0. The molecule has 7 atom stereocenters. The van der Waals surface area contributed by atoms with Crippen molar-refractivity contribution in [3.63, 3.8) is 0 Å². The summed E-state index contributed by atoms with van der Waals surface area (Å²) in [6.45, 7) is 8.92. The first-order valence-corrected chi connectivity index (χ1v) is 8.33. The summed E-state index contributed by atoms with van der Waals surface area (Å²) >= 11 is 0. The molecule has 0 aromatic rings. The molecule has 1 heteroatoms. The van der Waals surface area contributed by atoms with Crippen molar-refractivity contribution < 1.29 is 0 Å². The number of rotatable bonds is 0. The Bertz CT molecular complexity index is 423. The van der Waals surface area contributed by atoms with Crippen LogP contribution in [0.4, 0.5) is 0 Å². The largest absolute Gasteiger partial charge is 0.324 e. The van der Waals surface area contributed by atoms with Crippen molar-refractivity contribution in [2.24, 2.45) is 41.2 Å². The maximum atomic E-state index is 6.63. The van der Waals surface area contributed by atoms with Crippen LogP contribution in [0.5, 0.6) is 0 Å². The number of fused-ring (bicyclic) bond motifs is 5. The Morgan fingerprint density at radius 3 is 2.11 bits per heavy atom. The topological polar surface area (TPSA) is 26.0 Å². The molecular weight excluding hydrogens is 230 g/mol. The SMILES string of the molecule is C=C1C(N)C2C3CCCCCC3C2C(=C)C2CCC12. The lowest BCUT2D eigenvalue weighted by atomic mass is 9.50. The van der Waals surface area contributed by atoms with Gasteiger partial charge in [-0.15, -0.1) is 0 Å². The quantitative estimate of drug-likeness (QED) is 0.654. The third-order valence-electron chi connectivity index (χ3n) is 6.99. The van der Waals surface area contributed by atoms with Gasteiger partial charge in [0.1, 0.15) is 0 Å². The highest BCUT2D eigenvalue weighted by atomic mass is 14.8. The average molecular weight is 257 g/mol. The highest BCUT2D eigenvalue weighted by Gasteiger charge is 2.58. The number of hydrogen-bond acceptors (Lipinski definition) is 1. The van der Waals surface area contributed by atoms with Crippen molar-refractivity contribution in [2.75, 3.05) is 0 Å². The summed E-state index contributed by atoms with van der Waals surface area (Å²) in [6, 6.07) is 0.261. The predicted octanol–water partition coefficient (Wildman–Crippen LogP) is 3.91. The van der Waals surface area contributed by atoms with Gasteiger partial charge in [0.15, 0.2) is 0 Å². The van der Waals surface area contributed by atoms with Gasteiger partial charge in [-0.25, -0.2) is 0 Å². The summed E-state index contributed by atoms with van der Waals surface area (Å²) in [5.41, 5.74) is 9.57. The van der Waals surface area contributed by atoms with Crippen molar-refractivity contribution in [2.45, 2.75) is 51.0 Å². The molecule has 4 fully saturated rings. The van der Waals surface area contributed by atoms with Crippen LogP contribution < -0.4 is 5.73 Å². The van der Waals surface area contributed by atoms with Gasteiger partial charge in [0, 0.05) is 6.04 Å². The van der Waals surface area contributed by atoms with Crippen molar-refractivity contribution in [1.29, 1.82) is 0 Å². The highest BCUT2D eigenvalue weighted by Crippen LogP contribution is 2.63. The Morgan fingerprint density at radius 1 is 0.789 bits per heavy atom. The Morgan fingerprint density at radius 2 is 1.42 bits per heavy atom. The normalized spacial score (nSPS) is 52.8. The van der Waals surface area contributed by atoms with Crippen LogP contribution in [0.1, 0.15) is 44.9 Å². The zero-order valence-electron chi connectivity index (χ0n) is 12.0. The summed E-state index contributed by atoms with van der Waals surface area (Å²) in [6.07, 6.45) is 9.78. The lowest BCUT2D eigenvalue weighted by molar-refractivity contribution is -0.0143. The van der Waals surface area contributed by atoms with Gasteiger partial charge in [-0.1, -0.05) is 43.6 Å². The molecule has 0 heterocycles. The molecule has 19 heavy (non-hydrogen) atoms. The summed E-state index contributed by atoms with van der Waals surface area (Å²) in [5.74, 6) is 4.64. The Labute approximate surface area is 117 Å². The second kappa shape index (κ2) is 4.22. The van der Waals surface area contributed by atoms with Gasteiger partial charge in [-0.3, -0.25) is 0 Å². The summed E-state index contributed by atoms with van der Waals surface area (Å²) in [5, 5.41) is 0. The lowest BCUT2D eigenvalue weighted by Crippen LogP contribution is -2.54. The van der Waals surface area contributed by atoms with Crippen LogP contribution in [0.3, 0.4) is 0 Å². The van der Waals surface area contributed by atoms with E-state index in [2.05, 4.69) is 13.2 Å². The molecule has 7 unspecified atom stereocenters. The monoisotopic (exact) mass is 257 g/mol. The van der Waals surface area contributed by atoms with Crippen LogP contribution in [0, 0.1) is 35.5 Å². The van der Waals surface area contributed by atoms with Gasteiger partial charge in [0.25, 0.3) is 0 Å². The molecule has 1 nitrogen and oxygen atoms in total. The molecule has 4 aliphatic carbocycles. The van der Waals surface area contributed by atoms with E-state index >= 15 is 0 Å². The van der Waals surface area contributed by atoms with Crippen molar-refractivity contribution >= 4 is 0 Å². The van der Waals surface area contributed by atoms with E-state index in [1.165, 1.54) is 50.5 Å². The molecule has 2 N–H and O–H groups in total. The minimum absolute atomic E-state index is 0.261. The molecule has 0 bridgehead atoms. The fraction of sp³-hybridized carbons (Fsp3) is 0.778.